The highest BCUT2D eigenvalue weighted by molar-refractivity contribution is 5.68. The van der Waals surface area contributed by atoms with Crippen LogP contribution in [0.25, 0.3) is 0 Å². The molecule has 0 spiro atoms. The minimum Gasteiger partial charge on any atom is -0.308 e. The Hall–Kier alpha value is -2.64. The quantitative estimate of drug-likeness (QED) is 0.725. The number of anilines is 2. The van der Waals surface area contributed by atoms with E-state index >= 15 is 0 Å². The van der Waals surface area contributed by atoms with Gasteiger partial charge in [0.15, 0.2) is 0 Å². The molecule has 0 radical (unpaired) electrons. The lowest BCUT2D eigenvalue weighted by atomic mass is 10.5. The van der Waals surface area contributed by atoms with Crippen molar-refractivity contribution in [2.75, 3.05) is 22.9 Å². The van der Waals surface area contributed by atoms with Gasteiger partial charge in [-0.3, -0.25) is 9.98 Å². The fraction of sp³-hybridized carbons (Fsp3) is 0.200. The fourth-order valence-electron chi connectivity index (χ4n) is 1.50. The van der Waals surface area contributed by atoms with Crippen molar-refractivity contribution in [3.8, 4) is 0 Å². The van der Waals surface area contributed by atoms with Crippen LogP contribution in [0, 0.1) is 0 Å². The number of nitrogens with zero attached hydrogens (tertiary/aromatic N) is 8. The van der Waals surface area contributed by atoms with Crippen molar-refractivity contribution >= 4 is 24.3 Å². The van der Waals surface area contributed by atoms with Crippen LogP contribution in [0.3, 0.4) is 0 Å². The van der Waals surface area contributed by atoms with Crippen LogP contribution in [0.2, 0.25) is 0 Å². The van der Waals surface area contributed by atoms with Crippen LogP contribution in [-0.4, -0.2) is 45.9 Å². The molecule has 18 heavy (non-hydrogen) atoms. The van der Waals surface area contributed by atoms with E-state index < -0.39 is 0 Å². The molecular formula is C10H10N8. The molecule has 1 aromatic heterocycles. The van der Waals surface area contributed by atoms with Crippen LogP contribution in [0.1, 0.15) is 0 Å². The van der Waals surface area contributed by atoms with Gasteiger partial charge in [-0.25, -0.2) is 0 Å². The number of hydrogen-bond acceptors (Lipinski definition) is 8. The van der Waals surface area contributed by atoms with Crippen molar-refractivity contribution in [2.45, 2.75) is 0 Å². The van der Waals surface area contributed by atoms with Crippen LogP contribution in [0.5, 0.6) is 0 Å². The maximum absolute atomic E-state index is 4.05. The maximum atomic E-state index is 4.05. The summed E-state index contributed by atoms with van der Waals surface area (Å²) in [4.78, 5) is 11.6. The Balaban J connectivity index is 1.76. The summed E-state index contributed by atoms with van der Waals surface area (Å²) in [6.07, 6.45) is 10.4. The highest BCUT2D eigenvalue weighted by Gasteiger charge is 2.12. The molecule has 0 aromatic carbocycles. The summed E-state index contributed by atoms with van der Waals surface area (Å²) in [5.41, 5.74) is 0. The average molecular weight is 242 g/mol. The maximum Gasteiger partial charge on any atom is 0.269 e. The molecule has 0 unspecified atom stereocenters. The second kappa shape index (κ2) is 4.70. The third-order valence-corrected chi connectivity index (χ3v) is 2.40. The first-order valence-electron chi connectivity index (χ1n) is 5.41. The van der Waals surface area contributed by atoms with Gasteiger partial charge in [-0.2, -0.15) is 0 Å². The Bertz CT molecular complexity index is 480. The number of aliphatic imine (C=N–C) groups is 2. The van der Waals surface area contributed by atoms with E-state index in [0.717, 1.165) is 0 Å². The first-order valence-corrected chi connectivity index (χ1v) is 5.41. The molecule has 2 aliphatic heterocycles. The second-order valence-electron chi connectivity index (χ2n) is 3.56. The third-order valence-electron chi connectivity index (χ3n) is 2.40. The summed E-state index contributed by atoms with van der Waals surface area (Å²) in [7, 11) is 0. The molecule has 0 fully saturated rings. The van der Waals surface area contributed by atoms with Gasteiger partial charge >= 0.3 is 0 Å². The van der Waals surface area contributed by atoms with Crippen molar-refractivity contribution in [3.63, 3.8) is 0 Å². The molecule has 3 heterocycles. The SMILES string of the molecule is C1=CN(c2nnc(N3C=CN=CC3)nn2)CC=N1. The number of rotatable bonds is 2. The molecule has 0 aliphatic carbocycles. The lowest BCUT2D eigenvalue weighted by Crippen LogP contribution is -2.26. The Kier molecular flexibility index (Phi) is 2.74. The van der Waals surface area contributed by atoms with Gasteiger partial charge in [0.2, 0.25) is 0 Å². The highest BCUT2D eigenvalue weighted by atomic mass is 15.4. The first kappa shape index (κ1) is 10.5. The van der Waals surface area contributed by atoms with Gasteiger partial charge in [0, 0.05) is 37.2 Å². The van der Waals surface area contributed by atoms with E-state index in [1.165, 1.54) is 0 Å². The Labute approximate surface area is 103 Å². The van der Waals surface area contributed by atoms with Gasteiger partial charge < -0.3 is 9.80 Å². The zero-order chi connectivity index (χ0) is 12.2. The van der Waals surface area contributed by atoms with Crippen LogP contribution < -0.4 is 9.80 Å². The summed E-state index contributed by atoms with van der Waals surface area (Å²) < 4.78 is 0. The molecule has 2 aliphatic rings. The normalized spacial score (nSPS) is 17.6. The van der Waals surface area contributed by atoms with E-state index in [9.17, 15) is 0 Å². The molecule has 8 heteroatoms. The Morgan fingerprint density at radius 3 is 1.50 bits per heavy atom. The van der Waals surface area contributed by atoms with Gasteiger partial charge in [0.05, 0.1) is 13.1 Å². The van der Waals surface area contributed by atoms with Gasteiger partial charge in [-0.05, 0) is 0 Å². The van der Waals surface area contributed by atoms with Crippen molar-refractivity contribution in [2.24, 2.45) is 9.98 Å². The minimum absolute atomic E-state index is 0.454. The molecular weight excluding hydrogens is 232 g/mol. The van der Waals surface area contributed by atoms with Gasteiger partial charge in [0.1, 0.15) is 0 Å². The van der Waals surface area contributed by atoms with Crippen LogP contribution in [-0.2, 0) is 0 Å². The third kappa shape index (κ3) is 2.08. The molecule has 0 saturated carbocycles. The Morgan fingerprint density at radius 2 is 1.17 bits per heavy atom. The van der Waals surface area contributed by atoms with Crippen molar-refractivity contribution in [1.29, 1.82) is 0 Å². The molecule has 0 N–H and O–H groups in total. The predicted octanol–water partition coefficient (Wildman–Crippen LogP) is -0.00940. The molecule has 90 valence electrons. The largest absolute Gasteiger partial charge is 0.308 e. The standard InChI is InChI=1S/C10H10N8/c1-5-17(6-2-11-1)9-13-15-10(16-14-9)18-7-3-12-4-8-18/h1-5,7H,6,8H2. The monoisotopic (exact) mass is 242 g/mol. The molecule has 0 atom stereocenters. The number of hydrogen-bond donors (Lipinski definition) is 0. The van der Waals surface area contributed by atoms with Crippen LogP contribution in [0.15, 0.2) is 34.8 Å². The van der Waals surface area contributed by atoms with Crippen molar-refractivity contribution in [1.82, 2.24) is 20.4 Å². The van der Waals surface area contributed by atoms with Gasteiger partial charge in [-0.1, -0.05) is 0 Å². The second-order valence-corrected chi connectivity index (χ2v) is 3.56. The van der Waals surface area contributed by atoms with E-state index in [1.54, 1.807) is 37.2 Å². The van der Waals surface area contributed by atoms with E-state index in [1.807, 2.05) is 9.80 Å². The van der Waals surface area contributed by atoms with Gasteiger partial charge in [0.25, 0.3) is 11.9 Å². The summed E-state index contributed by atoms with van der Waals surface area (Å²) in [5.74, 6) is 0.909. The summed E-state index contributed by atoms with van der Waals surface area (Å²) in [6.45, 7) is 1.24. The molecule has 0 bridgehead atoms. The zero-order valence-electron chi connectivity index (χ0n) is 9.46. The van der Waals surface area contributed by atoms with Crippen LogP contribution in [0.4, 0.5) is 11.9 Å². The highest BCUT2D eigenvalue weighted by Crippen LogP contribution is 2.10. The average Bonchev–Trinajstić information content (AvgIpc) is 2.49. The van der Waals surface area contributed by atoms with Crippen molar-refractivity contribution in [3.05, 3.63) is 24.8 Å². The molecule has 1 aromatic rings. The summed E-state index contributed by atoms with van der Waals surface area (Å²) in [6, 6.07) is 0. The summed E-state index contributed by atoms with van der Waals surface area (Å²) >= 11 is 0. The zero-order valence-corrected chi connectivity index (χ0v) is 9.46. The lowest BCUT2D eigenvalue weighted by molar-refractivity contribution is 0.800. The van der Waals surface area contributed by atoms with Crippen LogP contribution >= 0.6 is 0 Å². The number of aromatic nitrogens is 4. The molecule has 8 nitrogen and oxygen atoms in total. The Morgan fingerprint density at radius 1 is 0.722 bits per heavy atom. The van der Waals surface area contributed by atoms with E-state index in [2.05, 4.69) is 30.4 Å². The lowest BCUT2D eigenvalue weighted by Gasteiger charge is -2.18. The van der Waals surface area contributed by atoms with E-state index in [-0.39, 0.29) is 0 Å². The molecule has 3 rings (SSSR count). The van der Waals surface area contributed by atoms with E-state index in [4.69, 9.17) is 0 Å². The molecule has 0 amide bonds. The summed E-state index contributed by atoms with van der Waals surface area (Å²) in [5, 5.41) is 16.2. The smallest absolute Gasteiger partial charge is 0.269 e. The first-order chi connectivity index (χ1) is 8.93. The molecule has 0 saturated heterocycles. The van der Waals surface area contributed by atoms with Crippen molar-refractivity contribution < 1.29 is 0 Å². The fourth-order valence-corrected chi connectivity index (χ4v) is 1.50. The topological polar surface area (TPSA) is 82.8 Å². The minimum atomic E-state index is 0.454. The van der Waals surface area contributed by atoms with E-state index in [0.29, 0.717) is 25.0 Å². The van der Waals surface area contributed by atoms with Gasteiger partial charge in [-0.15, -0.1) is 20.4 Å². The predicted molar refractivity (Wildman–Crippen MR) is 67.6 cm³/mol.